The number of Topliss-reactive ketones (excluding diaryl/α,β-unsaturated/α-hetero) is 1. The van der Waals surface area contributed by atoms with Gasteiger partial charge in [-0.2, -0.15) is 0 Å². The van der Waals surface area contributed by atoms with Crippen molar-refractivity contribution in [3.05, 3.63) is 35.1 Å². The Bertz CT molecular complexity index is 447. The van der Waals surface area contributed by atoms with Crippen molar-refractivity contribution >= 4 is 27.7 Å². The topological polar surface area (TPSA) is 74.6 Å². The third-order valence-electron chi connectivity index (χ3n) is 2.16. The van der Waals surface area contributed by atoms with Gasteiger partial charge in [0.25, 0.3) is 0 Å². The second kappa shape index (κ2) is 5.88. The molecule has 6 heteroatoms. The minimum absolute atomic E-state index is 0.0922. The highest BCUT2D eigenvalue weighted by atomic mass is 79.9. The molecule has 0 saturated carbocycles. The first-order valence-corrected chi connectivity index (χ1v) is 5.89. The van der Waals surface area contributed by atoms with Crippen LogP contribution in [-0.2, 0) is 4.79 Å². The molecule has 1 aromatic carbocycles. The van der Waals surface area contributed by atoms with Gasteiger partial charge in [0.15, 0.2) is 11.9 Å². The van der Waals surface area contributed by atoms with Gasteiger partial charge in [0, 0.05) is 11.8 Å². The van der Waals surface area contributed by atoms with Gasteiger partial charge in [-0.1, -0.05) is 22.0 Å². The number of alkyl halides is 1. The van der Waals surface area contributed by atoms with Crippen LogP contribution in [0.3, 0.4) is 0 Å². The molecule has 0 fully saturated rings. The van der Waals surface area contributed by atoms with Crippen molar-refractivity contribution in [3.8, 4) is 0 Å². The summed E-state index contributed by atoms with van der Waals surface area (Å²) in [5, 5.41) is 18.2. The maximum Gasteiger partial charge on any atom is 0.337 e. The lowest BCUT2D eigenvalue weighted by molar-refractivity contribution is -0.146. The molecule has 0 radical (unpaired) electrons. The van der Waals surface area contributed by atoms with Gasteiger partial charge in [0.2, 0.25) is 0 Å². The van der Waals surface area contributed by atoms with E-state index in [2.05, 4.69) is 15.9 Å². The Hall–Kier alpha value is -1.27. The number of halogens is 2. The van der Waals surface area contributed by atoms with Gasteiger partial charge in [0.1, 0.15) is 5.82 Å². The molecule has 0 heterocycles. The number of carbonyl (C=O) groups excluding carboxylic acids is 1. The molecular formula is C11H10BrFO4. The Kier molecular flexibility index (Phi) is 4.77. The van der Waals surface area contributed by atoms with Crippen LogP contribution in [0.4, 0.5) is 4.39 Å². The molecule has 0 saturated heterocycles. The van der Waals surface area contributed by atoms with Crippen LogP contribution in [0.5, 0.6) is 0 Å². The van der Waals surface area contributed by atoms with Crippen LogP contribution in [-0.4, -0.2) is 27.3 Å². The Morgan fingerprint density at radius 2 is 2.06 bits per heavy atom. The van der Waals surface area contributed by atoms with Gasteiger partial charge < -0.3 is 10.2 Å². The molecule has 17 heavy (non-hydrogen) atoms. The first-order valence-electron chi connectivity index (χ1n) is 4.77. The molecule has 4 nitrogen and oxygen atoms in total. The standard InChI is InChI=1S/C11H10BrFO4/c12-4-3-9(14)7-2-1-6(5-8(7)13)10(15)11(16)17/h1-2,5,10,15H,3-4H2,(H,16,17). The number of carboxylic acid groups (broad SMARTS) is 1. The fraction of sp³-hybridized carbons (Fsp3) is 0.273. The molecule has 1 rings (SSSR count). The normalized spacial score (nSPS) is 12.2. The van der Waals surface area contributed by atoms with Crippen molar-refractivity contribution < 1.29 is 24.2 Å². The van der Waals surface area contributed by atoms with E-state index in [-0.39, 0.29) is 23.3 Å². The first kappa shape index (κ1) is 13.8. The smallest absolute Gasteiger partial charge is 0.337 e. The third kappa shape index (κ3) is 3.34. The fourth-order valence-corrected chi connectivity index (χ4v) is 1.65. The average molecular weight is 305 g/mol. The van der Waals surface area contributed by atoms with Crippen LogP contribution in [0.25, 0.3) is 0 Å². The summed E-state index contributed by atoms with van der Waals surface area (Å²) in [6.07, 6.45) is -1.64. The number of hydrogen-bond acceptors (Lipinski definition) is 3. The zero-order valence-corrected chi connectivity index (χ0v) is 10.3. The summed E-state index contributed by atoms with van der Waals surface area (Å²) in [6.45, 7) is 0. The lowest BCUT2D eigenvalue weighted by atomic mass is 10.0. The summed E-state index contributed by atoms with van der Waals surface area (Å²) in [5.74, 6) is -2.67. The van der Waals surface area contributed by atoms with Crippen LogP contribution < -0.4 is 0 Å². The monoisotopic (exact) mass is 304 g/mol. The lowest BCUT2D eigenvalue weighted by Gasteiger charge is -2.07. The summed E-state index contributed by atoms with van der Waals surface area (Å²) in [4.78, 5) is 21.9. The van der Waals surface area contributed by atoms with E-state index < -0.39 is 17.9 Å². The molecule has 0 aliphatic heterocycles. The van der Waals surface area contributed by atoms with Crippen LogP contribution in [0, 0.1) is 5.82 Å². The molecule has 1 aromatic rings. The highest BCUT2D eigenvalue weighted by Gasteiger charge is 2.19. The number of aliphatic hydroxyl groups excluding tert-OH is 1. The van der Waals surface area contributed by atoms with Crippen molar-refractivity contribution in [1.82, 2.24) is 0 Å². The maximum absolute atomic E-state index is 13.5. The molecule has 0 aliphatic rings. The van der Waals surface area contributed by atoms with Gasteiger partial charge in [0.05, 0.1) is 5.56 Å². The van der Waals surface area contributed by atoms with Crippen molar-refractivity contribution in [3.63, 3.8) is 0 Å². The van der Waals surface area contributed by atoms with E-state index in [1.165, 1.54) is 12.1 Å². The molecule has 0 aromatic heterocycles. The summed E-state index contributed by atoms with van der Waals surface area (Å²) >= 11 is 3.07. The second-order valence-electron chi connectivity index (χ2n) is 3.34. The lowest BCUT2D eigenvalue weighted by Crippen LogP contribution is -2.12. The van der Waals surface area contributed by atoms with Crippen molar-refractivity contribution in [2.75, 3.05) is 5.33 Å². The van der Waals surface area contributed by atoms with Crippen LogP contribution in [0.15, 0.2) is 18.2 Å². The predicted molar refractivity (Wildman–Crippen MR) is 61.7 cm³/mol. The van der Waals surface area contributed by atoms with Crippen molar-refractivity contribution in [2.24, 2.45) is 0 Å². The second-order valence-corrected chi connectivity index (χ2v) is 4.14. The van der Waals surface area contributed by atoms with Crippen LogP contribution in [0.2, 0.25) is 0 Å². The summed E-state index contributed by atoms with van der Waals surface area (Å²) in [7, 11) is 0. The van der Waals surface area contributed by atoms with Gasteiger partial charge >= 0.3 is 5.97 Å². The number of rotatable bonds is 5. The molecule has 0 bridgehead atoms. The Balaban J connectivity index is 3.01. The average Bonchev–Trinajstić information content (AvgIpc) is 2.27. The zero-order chi connectivity index (χ0) is 13.0. The quantitative estimate of drug-likeness (QED) is 0.644. The van der Waals surface area contributed by atoms with E-state index >= 15 is 0 Å². The van der Waals surface area contributed by atoms with Crippen LogP contribution >= 0.6 is 15.9 Å². The maximum atomic E-state index is 13.5. The highest BCUT2D eigenvalue weighted by Crippen LogP contribution is 2.18. The molecule has 0 amide bonds. The van der Waals surface area contributed by atoms with E-state index in [9.17, 15) is 19.1 Å². The molecule has 92 valence electrons. The van der Waals surface area contributed by atoms with Crippen LogP contribution in [0.1, 0.15) is 28.4 Å². The molecule has 0 aliphatic carbocycles. The fourth-order valence-electron chi connectivity index (χ4n) is 1.29. The molecule has 2 N–H and O–H groups in total. The van der Waals surface area contributed by atoms with Gasteiger partial charge in [-0.15, -0.1) is 0 Å². The van der Waals surface area contributed by atoms with E-state index in [0.717, 1.165) is 6.07 Å². The summed E-state index contributed by atoms with van der Waals surface area (Å²) < 4.78 is 13.5. The number of hydrogen-bond donors (Lipinski definition) is 2. The van der Waals surface area contributed by atoms with E-state index in [1.807, 2.05) is 0 Å². The highest BCUT2D eigenvalue weighted by molar-refractivity contribution is 9.09. The largest absolute Gasteiger partial charge is 0.479 e. The first-order chi connectivity index (χ1) is 7.97. The van der Waals surface area contributed by atoms with Gasteiger partial charge in [-0.05, 0) is 17.7 Å². The predicted octanol–water partition coefficient (Wildman–Crippen LogP) is 1.91. The number of carbonyl (C=O) groups is 2. The number of aliphatic carboxylic acids is 1. The van der Waals surface area contributed by atoms with E-state index in [0.29, 0.717) is 5.33 Å². The summed E-state index contributed by atoms with van der Waals surface area (Å²) in [5.41, 5.74) is -0.198. The minimum atomic E-state index is -1.79. The Morgan fingerprint density at radius 1 is 1.41 bits per heavy atom. The van der Waals surface area contributed by atoms with Crippen molar-refractivity contribution in [2.45, 2.75) is 12.5 Å². The van der Waals surface area contributed by atoms with Crippen molar-refractivity contribution in [1.29, 1.82) is 0 Å². The number of carboxylic acids is 1. The Labute approximate surface area is 105 Å². The SMILES string of the molecule is O=C(CCBr)c1ccc(C(O)C(=O)O)cc1F. The summed E-state index contributed by atoms with van der Waals surface area (Å²) in [6, 6.07) is 3.27. The van der Waals surface area contributed by atoms with E-state index in [1.54, 1.807) is 0 Å². The number of aliphatic hydroxyl groups is 1. The minimum Gasteiger partial charge on any atom is -0.479 e. The zero-order valence-electron chi connectivity index (χ0n) is 8.69. The van der Waals surface area contributed by atoms with Gasteiger partial charge in [-0.25, -0.2) is 9.18 Å². The Morgan fingerprint density at radius 3 is 2.53 bits per heavy atom. The number of benzene rings is 1. The third-order valence-corrected chi connectivity index (χ3v) is 2.56. The molecule has 0 spiro atoms. The molecule has 1 unspecified atom stereocenters. The molecule has 1 atom stereocenters. The number of ketones is 1. The molecular weight excluding hydrogens is 295 g/mol. The van der Waals surface area contributed by atoms with Gasteiger partial charge in [-0.3, -0.25) is 4.79 Å². The van der Waals surface area contributed by atoms with E-state index in [4.69, 9.17) is 5.11 Å².